The van der Waals surface area contributed by atoms with Crippen molar-refractivity contribution in [3.05, 3.63) is 29.3 Å². The van der Waals surface area contributed by atoms with Crippen molar-refractivity contribution in [2.75, 3.05) is 39.9 Å². The quantitative estimate of drug-likeness (QED) is 0.774. The molecule has 0 unspecified atom stereocenters. The van der Waals surface area contributed by atoms with Crippen LogP contribution in [0, 0.1) is 0 Å². The molecule has 3 heterocycles. The van der Waals surface area contributed by atoms with Gasteiger partial charge in [0.15, 0.2) is 0 Å². The monoisotopic (exact) mass is 344 g/mol. The van der Waals surface area contributed by atoms with Crippen LogP contribution in [0.2, 0.25) is 0 Å². The Morgan fingerprint density at radius 3 is 2.80 bits per heavy atom. The molecular formula is C19H24N2O4. The number of likely N-dealkylation sites (tertiary alicyclic amines) is 1. The normalized spacial score (nSPS) is 22.5. The molecule has 1 spiro atoms. The lowest BCUT2D eigenvalue weighted by molar-refractivity contribution is -0.167. The van der Waals surface area contributed by atoms with Gasteiger partial charge in [-0.3, -0.25) is 9.59 Å². The van der Waals surface area contributed by atoms with Gasteiger partial charge in [-0.25, -0.2) is 0 Å². The third-order valence-electron chi connectivity index (χ3n) is 5.57. The van der Waals surface area contributed by atoms with E-state index < -0.39 is 0 Å². The van der Waals surface area contributed by atoms with Crippen LogP contribution in [0.3, 0.4) is 0 Å². The average Bonchev–Trinajstić information content (AvgIpc) is 2.65. The fourth-order valence-corrected chi connectivity index (χ4v) is 3.99. The number of fused-ring (bicyclic) bond motifs is 1. The number of hydrogen-bond donors (Lipinski definition) is 0. The lowest BCUT2D eigenvalue weighted by atomic mass is 9.89. The molecule has 3 aliphatic rings. The number of morpholine rings is 1. The number of amides is 2. The lowest BCUT2D eigenvalue weighted by Gasteiger charge is -2.46. The summed E-state index contributed by atoms with van der Waals surface area (Å²) in [5.74, 6) is 1.01. The number of rotatable bonds is 1. The van der Waals surface area contributed by atoms with Crippen molar-refractivity contribution < 1.29 is 19.1 Å². The molecule has 25 heavy (non-hydrogen) atoms. The van der Waals surface area contributed by atoms with E-state index in [1.807, 2.05) is 30.1 Å². The standard InChI is InChI=1S/C19H24N2O4/c1-20-13-19(25-12-17(20)22)6-8-21(9-7-19)18(23)15-4-5-16-14(11-15)3-2-10-24-16/h4-5,11H,2-3,6-10,12-13H2,1H3. The van der Waals surface area contributed by atoms with Crippen LogP contribution in [0.25, 0.3) is 0 Å². The van der Waals surface area contributed by atoms with Crippen molar-refractivity contribution in [1.82, 2.24) is 9.80 Å². The Bertz CT molecular complexity index is 695. The maximum Gasteiger partial charge on any atom is 0.253 e. The second-order valence-corrected chi connectivity index (χ2v) is 7.29. The van der Waals surface area contributed by atoms with Crippen LogP contribution in [-0.2, 0) is 16.0 Å². The van der Waals surface area contributed by atoms with Gasteiger partial charge in [0.25, 0.3) is 5.91 Å². The predicted molar refractivity (Wildman–Crippen MR) is 91.7 cm³/mol. The molecule has 0 saturated carbocycles. The fraction of sp³-hybridized carbons (Fsp3) is 0.579. The van der Waals surface area contributed by atoms with Gasteiger partial charge in [-0.2, -0.15) is 0 Å². The van der Waals surface area contributed by atoms with Crippen molar-refractivity contribution >= 4 is 11.8 Å². The Labute approximate surface area is 147 Å². The molecule has 0 radical (unpaired) electrons. The number of ether oxygens (including phenoxy) is 2. The highest BCUT2D eigenvalue weighted by Gasteiger charge is 2.42. The van der Waals surface area contributed by atoms with E-state index in [0.717, 1.165) is 49.2 Å². The summed E-state index contributed by atoms with van der Waals surface area (Å²) in [6.07, 6.45) is 3.50. The molecule has 4 rings (SSSR count). The average molecular weight is 344 g/mol. The summed E-state index contributed by atoms with van der Waals surface area (Å²) in [5.41, 5.74) is 1.57. The number of carbonyl (C=O) groups excluding carboxylic acids is 2. The smallest absolute Gasteiger partial charge is 0.253 e. The molecule has 1 aromatic carbocycles. The van der Waals surface area contributed by atoms with Crippen LogP contribution in [0.1, 0.15) is 35.2 Å². The van der Waals surface area contributed by atoms with Crippen molar-refractivity contribution in [2.45, 2.75) is 31.3 Å². The summed E-state index contributed by atoms with van der Waals surface area (Å²) in [4.78, 5) is 28.1. The topological polar surface area (TPSA) is 59.1 Å². The first-order chi connectivity index (χ1) is 12.1. The number of piperidine rings is 1. The van der Waals surface area contributed by atoms with E-state index in [9.17, 15) is 9.59 Å². The van der Waals surface area contributed by atoms with E-state index in [-0.39, 0.29) is 24.0 Å². The van der Waals surface area contributed by atoms with Gasteiger partial charge in [0, 0.05) is 32.2 Å². The highest BCUT2D eigenvalue weighted by molar-refractivity contribution is 5.94. The van der Waals surface area contributed by atoms with Gasteiger partial charge < -0.3 is 19.3 Å². The fourth-order valence-electron chi connectivity index (χ4n) is 3.99. The molecule has 2 saturated heterocycles. The summed E-state index contributed by atoms with van der Waals surface area (Å²) in [7, 11) is 1.82. The second-order valence-electron chi connectivity index (χ2n) is 7.29. The van der Waals surface area contributed by atoms with E-state index in [2.05, 4.69) is 0 Å². The summed E-state index contributed by atoms with van der Waals surface area (Å²) in [5, 5.41) is 0. The molecule has 6 nitrogen and oxygen atoms in total. The van der Waals surface area contributed by atoms with Gasteiger partial charge >= 0.3 is 0 Å². The molecular weight excluding hydrogens is 320 g/mol. The van der Waals surface area contributed by atoms with Gasteiger partial charge in [-0.05, 0) is 49.4 Å². The van der Waals surface area contributed by atoms with E-state index in [1.165, 1.54) is 0 Å². The van der Waals surface area contributed by atoms with Crippen molar-refractivity contribution in [2.24, 2.45) is 0 Å². The minimum absolute atomic E-state index is 0.0282. The van der Waals surface area contributed by atoms with Crippen LogP contribution in [0.15, 0.2) is 18.2 Å². The third kappa shape index (κ3) is 3.11. The first-order valence-corrected chi connectivity index (χ1v) is 8.99. The molecule has 6 heteroatoms. The number of carbonyl (C=O) groups is 2. The van der Waals surface area contributed by atoms with Gasteiger partial charge in [0.2, 0.25) is 5.91 Å². The minimum atomic E-state index is -0.289. The molecule has 2 amide bonds. The largest absolute Gasteiger partial charge is 0.493 e. The highest BCUT2D eigenvalue weighted by atomic mass is 16.5. The zero-order chi connectivity index (χ0) is 17.4. The number of hydrogen-bond acceptors (Lipinski definition) is 4. The van der Waals surface area contributed by atoms with E-state index >= 15 is 0 Å². The van der Waals surface area contributed by atoms with Crippen molar-refractivity contribution in [3.8, 4) is 5.75 Å². The van der Waals surface area contributed by atoms with Gasteiger partial charge in [0.1, 0.15) is 12.4 Å². The van der Waals surface area contributed by atoms with Crippen LogP contribution < -0.4 is 4.74 Å². The minimum Gasteiger partial charge on any atom is -0.493 e. The lowest BCUT2D eigenvalue weighted by Crippen LogP contribution is -2.58. The summed E-state index contributed by atoms with van der Waals surface area (Å²) in [6.45, 7) is 2.84. The van der Waals surface area contributed by atoms with Crippen LogP contribution in [0.5, 0.6) is 5.75 Å². The van der Waals surface area contributed by atoms with E-state index in [4.69, 9.17) is 9.47 Å². The Kier molecular flexibility index (Phi) is 4.15. The molecule has 0 aliphatic carbocycles. The number of benzene rings is 1. The summed E-state index contributed by atoms with van der Waals surface area (Å²) in [6, 6.07) is 5.75. The van der Waals surface area contributed by atoms with E-state index in [1.54, 1.807) is 4.90 Å². The molecule has 2 fully saturated rings. The van der Waals surface area contributed by atoms with Crippen LogP contribution in [-0.4, -0.2) is 67.1 Å². The third-order valence-corrected chi connectivity index (χ3v) is 5.57. The summed E-state index contributed by atoms with van der Waals surface area (Å²) < 4.78 is 11.5. The maximum atomic E-state index is 12.9. The van der Waals surface area contributed by atoms with E-state index in [0.29, 0.717) is 19.6 Å². The van der Waals surface area contributed by atoms with Crippen molar-refractivity contribution in [1.29, 1.82) is 0 Å². The first-order valence-electron chi connectivity index (χ1n) is 8.99. The maximum absolute atomic E-state index is 12.9. The number of nitrogens with zero attached hydrogens (tertiary/aromatic N) is 2. The van der Waals surface area contributed by atoms with Crippen molar-refractivity contribution in [3.63, 3.8) is 0 Å². The Morgan fingerprint density at radius 2 is 2.04 bits per heavy atom. The summed E-state index contributed by atoms with van der Waals surface area (Å²) >= 11 is 0. The SMILES string of the molecule is CN1CC2(CCN(C(=O)c3ccc4c(c3)CCCO4)CC2)OCC1=O. The molecule has 0 bridgehead atoms. The molecule has 0 aromatic heterocycles. The zero-order valence-electron chi connectivity index (χ0n) is 14.6. The van der Waals surface area contributed by atoms with Crippen LogP contribution >= 0.6 is 0 Å². The Balaban J connectivity index is 1.42. The Hall–Kier alpha value is -2.08. The first kappa shape index (κ1) is 16.4. The predicted octanol–water partition coefficient (Wildman–Crippen LogP) is 1.47. The second kappa shape index (κ2) is 6.33. The van der Waals surface area contributed by atoms with Gasteiger partial charge in [-0.15, -0.1) is 0 Å². The van der Waals surface area contributed by atoms with Gasteiger partial charge in [-0.1, -0.05) is 0 Å². The zero-order valence-corrected chi connectivity index (χ0v) is 14.6. The highest BCUT2D eigenvalue weighted by Crippen LogP contribution is 2.31. The molecule has 0 N–H and O–H groups in total. The molecule has 1 aromatic rings. The molecule has 0 atom stereocenters. The number of aryl methyl sites for hydroxylation is 1. The number of likely N-dealkylation sites (N-methyl/N-ethyl adjacent to an activating group) is 1. The Morgan fingerprint density at radius 1 is 1.24 bits per heavy atom. The van der Waals surface area contributed by atoms with Crippen LogP contribution in [0.4, 0.5) is 0 Å². The molecule has 134 valence electrons. The molecule has 3 aliphatic heterocycles. The van der Waals surface area contributed by atoms with Gasteiger partial charge in [0.05, 0.1) is 12.2 Å².